The first-order valence-electron chi connectivity index (χ1n) is 6.35. The van der Waals surface area contributed by atoms with Crippen molar-refractivity contribution in [1.82, 2.24) is 19.9 Å². The molecule has 3 aromatic rings. The highest BCUT2D eigenvalue weighted by molar-refractivity contribution is 5.76. The van der Waals surface area contributed by atoms with Crippen molar-refractivity contribution in [2.75, 3.05) is 7.05 Å². The van der Waals surface area contributed by atoms with Crippen LogP contribution in [0.2, 0.25) is 0 Å². The summed E-state index contributed by atoms with van der Waals surface area (Å²) in [5.74, 6) is 0.890. The summed E-state index contributed by atoms with van der Waals surface area (Å²) in [5.41, 5.74) is 3.23. The molecule has 4 nitrogen and oxygen atoms in total. The average Bonchev–Trinajstić information content (AvgIpc) is 2.90. The highest BCUT2D eigenvalue weighted by Crippen LogP contribution is 2.18. The zero-order valence-electron chi connectivity index (χ0n) is 11.0. The number of rotatable bonds is 3. The molecular weight excluding hydrogens is 236 g/mol. The van der Waals surface area contributed by atoms with Crippen LogP contribution in [0.3, 0.4) is 0 Å². The fourth-order valence-corrected chi connectivity index (χ4v) is 2.10. The molecule has 1 atom stereocenters. The fraction of sp³-hybridized carbons (Fsp3) is 0.200. The summed E-state index contributed by atoms with van der Waals surface area (Å²) in [4.78, 5) is 8.90. The van der Waals surface area contributed by atoms with Gasteiger partial charge < -0.3 is 5.32 Å². The predicted molar refractivity (Wildman–Crippen MR) is 76.3 cm³/mol. The molecule has 0 radical (unpaired) electrons. The number of nitrogens with one attached hydrogen (secondary N) is 1. The minimum Gasteiger partial charge on any atom is -0.313 e. The Morgan fingerprint density at radius 1 is 1.11 bits per heavy atom. The van der Waals surface area contributed by atoms with Crippen molar-refractivity contribution in [3.05, 3.63) is 54.5 Å². The van der Waals surface area contributed by atoms with E-state index in [2.05, 4.69) is 28.3 Å². The van der Waals surface area contributed by atoms with E-state index in [1.807, 2.05) is 54.5 Å². The topological polar surface area (TPSA) is 42.7 Å². The molecule has 0 saturated carbocycles. The minimum absolute atomic E-state index is 0.307. The third-order valence-corrected chi connectivity index (χ3v) is 3.40. The fourth-order valence-electron chi connectivity index (χ4n) is 2.10. The van der Waals surface area contributed by atoms with E-state index in [4.69, 9.17) is 0 Å². The summed E-state index contributed by atoms with van der Waals surface area (Å²) >= 11 is 0. The number of hydrogen-bond acceptors (Lipinski definition) is 3. The first-order valence-corrected chi connectivity index (χ1v) is 6.35. The van der Waals surface area contributed by atoms with Gasteiger partial charge in [0.05, 0.1) is 11.0 Å². The van der Waals surface area contributed by atoms with Crippen molar-refractivity contribution in [2.24, 2.45) is 0 Å². The van der Waals surface area contributed by atoms with Gasteiger partial charge in [-0.2, -0.15) is 0 Å². The lowest BCUT2D eigenvalue weighted by molar-refractivity contribution is 0.649. The minimum atomic E-state index is 0.307. The van der Waals surface area contributed by atoms with E-state index in [1.165, 1.54) is 5.56 Å². The van der Waals surface area contributed by atoms with Crippen molar-refractivity contribution < 1.29 is 0 Å². The zero-order chi connectivity index (χ0) is 13.2. The Morgan fingerprint density at radius 3 is 2.68 bits per heavy atom. The number of nitrogens with zero attached hydrogens (tertiary/aromatic N) is 3. The van der Waals surface area contributed by atoms with E-state index in [0.717, 1.165) is 16.9 Å². The maximum atomic E-state index is 4.52. The zero-order valence-corrected chi connectivity index (χ0v) is 11.0. The van der Waals surface area contributed by atoms with Gasteiger partial charge in [-0.15, -0.1) is 0 Å². The van der Waals surface area contributed by atoms with Crippen LogP contribution in [0.5, 0.6) is 0 Å². The normalized spacial score (nSPS) is 12.7. The van der Waals surface area contributed by atoms with Crippen molar-refractivity contribution in [3.63, 3.8) is 0 Å². The number of pyridine rings is 1. The third-order valence-electron chi connectivity index (χ3n) is 3.40. The van der Waals surface area contributed by atoms with E-state index in [1.54, 1.807) is 0 Å². The molecule has 96 valence electrons. The first-order chi connectivity index (χ1) is 9.29. The molecular formula is C15H16N4. The van der Waals surface area contributed by atoms with Crippen molar-refractivity contribution >= 4 is 11.0 Å². The highest BCUT2D eigenvalue weighted by atomic mass is 15.1. The smallest absolute Gasteiger partial charge is 0.138 e. The predicted octanol–water partition coefficient (Wildman–Crippen LogP) is 2.70. The summed E-state index contributed by atoms with van der Waals surface area (Å²) < 4.78 is 2.00. The van der Waals surface area contributed by atoms with Crippen LogP contribution in [0.1, 0.15) is 18.5 Å². The molecule has 2 heterocycles. The monoisotopic (exact) mass is 252 g/mol. The third kappa shape index (κ3) is 2.11. The SMILES string of the molecule is CNC(C)c1ccc(-n2cnc3ccccc32)nc1. The molecule has 0 saturated heterocycles. The quantitative estimate of drug-likeness (QED) is 0.779. The standard InChI is InChI=1S/C15H16N4/c1-11(16-2)12-7-8-15(17-9-12)19-10-18-13-5-3-4-6-14(13)19/h3-11,16H,1-2H3. The Kier molecular flexibility index (Phi) is 3.01. The number of fused-ring (bicyclic) bond motifs is 1. The molecule has 2 aromatic heterocycles. The molecule has 4 heteroatoms. The van der Waals surface area contributed by atoms with Crippen LogP contribution in [-0.4, -0.2) is 21.6 Å². The lowest BCUT2D eigenvalue weighted by Crippen LogP contribution is -2.12. The number of benzene rings is 1. The molecule has 0 aliphatic heterocycles. The second-order valence-corrected chi connectivity index (χ2v) is 4.56. The Labute approximate surface area is 112 Å². The van der Waals surface area contributed by atoms with Gasteiger partial charge in [-0.3, -0.25) is 4.57 Å². The molecule has 0 fully saturated rings. The number of para-hydroxylation sites is 2. The lowest BCUT2D eigenvalue weighted by Gasteiger charge is -2.10. The molecule has 3 rings (SSSR count). The lowest BCUT2D eigenvalue weighted by atomic mass is 10.1. The molecule has 19 heavy (non-hydrogen) atoms. The van der Waals surface area contributed by atoms with Crippen LogP contribution in [0.25, 0.3) is 16.9 Å². The van der Waals surface area contributed by atoms with Crippen LogP contribution < -0.4 is 5.32 Å². The Balaban J connectivity index is 2.02. The molecule has 0 bridgehead atoms. The van der Waals surface area contributed by atoms with Crippen LogP contribution in [0, 0.1) is 0 Å². The van der Waals surface area contributed by atoms with Gasteiger partial charge in [0.25, 0.3) is 0 Å². The molecule has 1 aromatic carbocycles. The van der Waals surface area contributed by atoms with Crippen LogP contribution in [0.15, 0.2) is 48.9 Å². The van der Waals surface area contributed by atoms with E-state index in [0.29, 0.717) is 6.04 Å². The molecule has 0 aliphatic carbocycles. The van der Waals surface area contributed by atoms with Gasteiger partial charge in [0.2, 0.25) is 0 Å². The molecule has 0 aliphatic rings. The molecule has 0 spiro atoms. The van der Waals surface area contributed by atoms with E-state index in [-0.39, 0.29) is 0 Å². The van der Waals surface area contributed by atoms with E-state index in [9.17, 15) is 0 Å². The van der Waals surface area contributed by atoms with E-state index >= 15 is 0 Å². The summed E-state index contributed by atoms with van der Waals surface area (Å²) in [5, 5.41) is 3.21. The Bertz CT molecular complexity index is 685. The summed E-state index contributed by atoms with van der Waals surface area (Å²) in [6.07, 6.45) is 3.72. The Morgan fingerprint density at radius 2 is 1.95 bits per heavy atom. The van der Waals surface area contributed by atoms with Gasteiger partial charge in [0.15, 0.2) is 0 Å². The largest absolute Gasteiger partial charge is 0.313 e. The maximum absolute atomic E-state index is 4.52. The average molecular weight is 252 g/mol. The Hall–Kier alpha value is -2.20. The van der Waals surface area contributed by atoms with Crippen LogP contribution >= 0.6 is 0 Å². The van der Waals surface area contributed by atoms with Crippen molar-refractivity contribution in [1.29, 1.82) is 0 Å². The van der Waals surface area contributed by atoms with Crippen molar-refractivity contribution in [3.8, 4) is 5.82 Å². The number of imidazole rings is 1. The second kappa shape index (κ2) is 4.82. The summed E-state index contributed by atoms with van der Waals surface area (Å²) in [6, 6.07) is 12.5. The van der Waals surface area contributed by atoms with Gasteiger partial charge in [0, 0.05) is 12.2 Å². The summed E-state index contributed by atoms with van der Waals surface area (Å²) in [6.45, 7) is 2.11. The van der Waals surface area contributed by atoms with Crippen LogP contribution in [-0.2, 0) is 0 Å². The van der Waals surface area contributed by atoms with Crippen LogP contribution in [0.4, 0.5) is 0 Å². The maximum Gasteiger partial charge on any atom is 0.138 e. The van der Waals surface area contributed by atoms with Gasteiger partial charge >= 0.3 is 0 Å². The first kappa shape index (κ1) is 11.9. The molecule has 1 N–H and O–H groups in total. The van der Waals surface area contributed by atoms with Gasteiger partial charge in [-0.05, 0) is 37.7 Å². The highest BCUT2D eigenvalue weighted by Gasteiger charge is 2.06. The number of hydrogen-bond donors (Lipinski definition) is 1. The van der Waals surface area contributed by atoms with Gasteiger partial charge in [-0.25, -0.2) is 9.97 Å². The van der Waals surface area contributed by atoms with Gasteiger partial charge in [-0.1, -0.05) is 18.2 Å². The molecule has 1 unspecified atom stereocenters. The second-order valence-electron chi connectivity index (χ2n) is 4.56. The number of aromatic nitrogens is 3. The molecule has 0 amide bonds. The summed E-state index contributed by atoms with van der Waals surface area (Å²) in [7, 11) is 1.95. The van der Waals surface area contributed by atoms with Crippen molar-refractivity contribution in [2.45, 2.75) is 13.0 Å². The van der Waals surface area contributed by atoms with Gasteiger partial charge in [0.1, 0.15) is 12.1 Å². The van der Waals surface area contributed by atoms with E-state index < -0.39 is 0 Å².